The van der Waals surface area contributed by atoms with Crippen LogP contribution in [0.3, 0.4) is 0 Å². The third kappa shape index (κ3) is 2.74. The lowest BCUT2D eigenvalue weighted by Gasteiger charge is -2.34. The lowest BCUT2D eigenvalue weighted by atomic mass is 9.82. The molecule has 1 heterocycles. The van der Waals surface area contributed by atoms with Gasteiger partial charge in [0, 0.05) is 19.8 Å². The number of primary amides is 1. The van der Waals surface area contributed by atoms with Crippen LogP contribution in [-0.2, 0) is 0 Å². The Kier molecular flexibility index (Phi) is 3.28. The molecule has 1 aromatic rings. The van der Waals surface area contributed by atoms with Gasteiger partial charge in [0.15, 0.2) is 0 Å². The van der Waals surface area contributed by atoms with Crippen LogP contribution in [0.2, 0.25) is 0 Å². The first-order valence-corrected chi connectivity index (χ1v) is 5.71. The van der Waals surface area contributed by atoms with Crippen molar-refractivity contribution < 1.29 is 9.90 Å². The number of nitrogens with two attached hydrogens (primary N) is 1. The summed E-state index contributed by atoms with van der Waals surface area (Å²) in [4.78, 5) is 17.1. The maximum atomic E-state index is 10.9. The van der Waals surface area contributed by atoms with E-state index in [0.717, 1.165) is 25.2 Å². The average Bonchev–Trinajstić information content (AvgIpc) is 2.27. The van der Waals surface area contributed by atoms with Gasteiger partial charge in [-0.15, -0.1) is 0 Å². The van der Waals surface area contributed by atoms with E-state index in [2.05, 4.69) is 4.98 Å². The van der Waals surface area contributed by atoms with E-state index in [1.165, 1.54) is 6.20 Å². The highest BCUT2D eigenvalue weighted by atomic mass is 16.3. The number of amides is 1. The monoisotopic (exact) mass is 235 g/mol. The minimum absolute atomic E-state index is 0.126. The number of carbonyl (C=O) groups is 1. The number of aromatic nitrogens is 1. The Balaban J connectivity index is 1.94. The van der Waals surface area contributed by atoms with Crippen LogP contribution in [0, 0.1) is 5.92 Å². The number of rotatable bonds is 4. The molecule has 5 heteroatoms. The van der Waals surface area contributed by atoms with E-state index in [4.69, 9.17) is 5.73 Å². The minimum Gasteiger partial charge on any atom is -0.393 e. The van der Waals surface area contributed by atoms with Crippen LogP contribution < -0.4 is 10.6 Å². The van der Waals surface area contributed by atoms with Gasteiger partial charge in [0.25, 0.3) is 0 Å². The highest BCUT2D eigenvalue weighted by Crippen LogP contribution is 2.28. The Morgan fingerprint density at radius 2 is 2.29 bits per heavy atom. The van der Waals surface area contributed by atoms with Crippen LogP contribution in [0.5, 0.6) is 0 Å². The van der Waals surface area contributed by atoms with Crippen LogP contribution in [0.1, 0.15) is 23.2 Å². The van der Waals surface area contributed by atoms with E-state index in [9.17, 15) is 9.90 Å². The summed E-state index contributed by atoms with van der Waals surface area (Å²) in [7, 11) is 1.96. The second-order valence-corrected chi connectivity index (χ2v) is 4.64. The van der Waals surface area contributed by atoms with Gasteiger partial charge in [0.1, 0.15) is 5.82 Å². The second kappa shape index (κ2) is 4.71. The van der Waals surface area contributed by atoms with E-state index in [1.54, 1.807) is 12.1 Å². The van der Waals surface area contributed by atoms with Gasteiger partial charge in [-0.3, -0.25) is 4.79 Å². The first-order chi connectivity index (χ1) is 8.06. The van der Waals surface area contributed by atoms with Gasteiger partial charge in [-0.05, 0) is 30.9 Å². The molecule has 0 aliphatic heterocycles. The molecular weight excluding hydrogens is 218 g/mol. The van der Waals surface area contributed by atoms with Crippen molar-refractivity contribution >= 4 is 11.7 Å². The smallest absolute Gasteiger partial charge is 0.250 e. The Bertz CT molecular complexity index is 399. The van der Waals surface area contributed by atoms with Gasteiger partial charge in [0.05, 0.1) is 11.7 Å². The predicted octanol–water partition coefficient (Wildman–Crippen LogP) is 0.388. The lowest BCUT2D eigenvalue weighted by Crippen LogP contribution is -2.37. The fourth-order valence-electron chi connectivity index (χ4n) is 2.09. The molecule has 0 unspecified atom stereocenters. The number of hydrogen-bond donors (Lipinski definition) is 2. The zero-order chi connectivity index (χ0) is 12.4. The summed E-state index contributed by atoms with van der Waals surface area (Å²) in [6.07, 6.45) is 3.09. The van der Waals surface area contributed by atoms with Crippen molar-refractivity contribution in [2.75, 3.05) is 18.5 Å². The van der Waals surface area contributed by atoms with Crippen LogP contribution >= 0.6 is 0 Å². The summed E-state index contributed by atoms with van der Waals surface area (Å²) in [5, 5.41) is 9.21. The maximum absolute atomic E-state index is 10.9. The van der Waals surface area contributed by atoms with Crippen LogP contribution in [0.4, 0.5) is 5.82 Å². The largest absolute Gasteiger partial charge is 0.393 e. The summed E-state index contributed by atoms with van der Waals surface area (Å²) < 4.78 is 0. The molecule has 17 heavy (non-hydrogen) atoms. The number of aliphatic hydroxyl groups is 1. The molecule has 0 spiro atoms. The van der Waals surface area contributed by atoms with E-state index >= 15 is 0 Å². The summed E-state index contributed by atoms with van der Waals surface area (Å²) in [6.45, 7) is 0.875. The minimum atomic E-state index is -0.464. The van der Waals surface area contributed by atoms with Gasteiger partial charge in [0.2, 0.25) is 5.91 Å². The zero-order valence-electron chi connectivity index (χ0n) is 9.84. The molecule has 1 fully saturated rings. The molecule has 1 saturated carbocycles. The van der Waals surface area contributed by atoms with Gasteiger partial charge < -0.3 is 15.7 Å². The Hall–Kier alpha value is -1.62. The van der Waals surface area contributed by atoms with Gasteiger partial charge in [-0.2, -0.15) is 0 Å². The third-order valence-corrected chi connectivity index (χ3v) is 3.17. The molecule has 3 N–H and O–H groups in total. The molecule has 0 radical (unpaired) electrons. The van der Waals surface area contributed by atoms with Crippen LogP contribution in [0.25, 0.3) is 0 Å². The van der Waals surface area contributed by atoms with Crippen LogP contribution in [0.15, 0.2) is 18.3 Å². The van der Waals surface area contributed by atoms with Crippen molar-refractivity contribution in [2.24, 2.45) is 11.7 Å². The first-order valence-electron chi connectivity index (χ1n) is 5.71. The molecule has 5 nitrogen and oxygen atoms in total. The van der Waals surface area contributed by atoms with E-state index in [-0.39, 0.29) is 6.10 Å². The maximum Gasteiger partial charge on any atom is 0.250 e. The Labute approximate surface area is 100 Å². The third-order valence-electron chi connectivity index (χ3n) is 3.17. The Morgan fingerprint density at radius 3 is 2.76 bits per heavy atom. The summed E-state index contributed by atoms with van der Waals surface area (Å²) in [6, 6.07) is 3.46. The number of pyridine rings is 1. The van der Waals surface area contributed by atoms with Gasteiger partial charge in [-0.1, -0.05) is 0 Å². The summed E-state index contributed by atoms with van der Waals surface area (Å²) >= 11 is 0. The van der Waals surface area contributed by atoms with Crippen molar-refractivity contribution in [1.82, 2.24) is 4.98 Å². The van der Waals surface area contributed by atoms with Crippen molar-refractivity contribution in [1.29, 1.82) is 0 Å². The molecule has 1 aliphatic rings. The fourth-order valence-corrected chi connectivity index (χ4v) is 2.09. The molecule has 1 aliphatic carbocycles. The SMILES string of the molecule is CN(CC1CC(O)C1)c1ccc(C(N)=O)cn1. The molecule has 0 bridgehead atoms. The topological polar surface area (TPSA) is 79.5 Å². The van der Waals surface area contributed by atoms with Gasteiger partial charge in [-0.25, -0.2) is 4.98 Å². The quantitative estimate of drug-likeness (QED) is 0.791. The summed E-state index contributed by atoms with van der Waals surface area (Å²) in [5.74, 6) is 0.887. The van der Waals surface area contributed by atoms with E-state index in [1.807, 2.05) is 11.9 Å². The average molecular weight is 235 g/mol. The molecule has 1 aromatic heterocycles. The molecule has 92 valence electrons. The number of hydrogen-bond acceptors (Lipinski definition) is 4. The molecule has 0 atom stereocenters. The highest BCUT2D eigenvalue weighted by Gasteiger charge is 2.28. The Morgan fingerprint density at radius 1 is 1.59 bits per heavy atom. The molecule has 0 saturated heterocycles. The standard InChI is InChI=1S/C12H17N3O2/c1-15(7-8-4-10(16)5-8)11-3-2-9(6-14-11)12(13)17/h2-3,6,8,10,16H,4-5,7H2,1H3,(H2,13,17). The first kappa shape index (κ1) is 11.9. The zero-order valence-corrected chi connectivity index (χ0v) is 9.84. The number of nitrogens with zero attached hydrogens (tertiary/aromatic N) is 2. The number of aliphatic hydroxyl groups excluding tert-OH is 1. The van der Waals surface area contributed by atoms with Crippen LogP contribution in [-0.4, -0.2) is 35.7 Å². The predicted molar refractivity (Wildman–Crippen MR) is 64.8 cm³/mol. The normalized spacial score (nSPS) is 22.9. The summed E-state index contributed by atoms with van der Waals surface area (Å²) in [5.41, 5.74) is 5.56. The van der Waals surface area contributed by atoms with Crippen molar-refractivity contribution in [3.8, 4) is 0 Å². The van der Waals surface area contributed by atoms with Crippen molar-refractivity contribution in [3.63, 3.8) is 0 Å². The second-order valence-electron chi connectivity index (χ2n) is 4.64. The van der Waals surface area contributed by atoms with Crippen molar-refractivity contribution in [3.05, 3.63) is 23.9 Å². The molecule has 1 amide bonds. The fraction of sp³-hybridized carbons (Fsp3) is 0.500. The molecular formula is C12H17N3O2. The van der Waals surface area contributed by atoms with Crippen molar-refractivity contribution in [2.45, 2.75) is 18.9 Å². The van der Waals surface area contributed by atoms with Gasteiger partial charge >= 0.3 is 0 Å². The van der Waals surface area contributed by atoms with E-state index in [0.29, 0.717) is 11.5 Å². The highest BCUT2D eigenvalue weighted by molar-refractivity contribution is 5.92. The number of carbonyl (C=O) groups excluding carboxylic acids is 1. The molecule has 0 aromatic carbocycles. The molecule has 2 rings (SSSR count). The number of anilines is 1. The lowest BCUT2D eigenvalue weighted by molar-refractivity contribution is 0.0464. The van der Waals surface area contributed by atoms with E-state index < -0.39 is 5.91 Å².